The lowest BCUT2D eigenvalue weighted by Crippen LogP contribution is -2.47. The zero-order valence-electron chi connectivity index (χ0n) is 16.1. The van der Waals surface area contributed by atoms with Crippen LogP contribution in [0.15, 0.2) is 54.9 Å². The van der Waals surface area contributed by atoms with E-state index in [0.717, 1.165) is 28.1 Å². The third-order valence-electron chi connectivity index (χ3n) is 5.24. The molecule has 1 aliphatic rings. The van der Waals surface area contributed by atoms with Crippen molar-refractivity contribution in [3.8, 4) is 11.3 Å². The Kier molecular flexibility index (Phi) is 6.36. The number of pyridine rings is 1. The molecule has 1 aromatic carbocycles. The second kappa shape index (κ2) is 9.16. The maximum absolute atomic E-state index is 10.1. The highest BCUT2D eigenvalue weighted by atomic mass is 35.5. The molecule has 2 aromatic heterocycles. The predicted molar refractivity (Wildman–Crippen MR) is 111 cm³/mol. The summed E-state index contributed by atoms with van der Waals surface area (Å²) in [5, 5.41) is 38.6. The number of aliphatic hydroxyl groups excluding tert-OH is 3. The summed E-state index contributed by atoms with van der Waals surface area (Å²) in [5.41, 5.74) is 4.06. The minimum absolute atomic E-state index is 0.234. The van der Waals surface area contributed by atoms with Crippen molar-refractivity contribution >= 4 is 11.6 Å². The van der Waals surface area contributed by atoms with Crippen molar-refractivity contribution < 1.29 is 20.1 Å². The first kappa shape index (κ1) is 20.8. The highest BCUT2D eigenvalue weighted by Gasteiger charge is 2.37. The molecular formula is C22H22ClN3O4. The standard InChI is InChI=1S/C22H22ClN3O4/c23-17-5-3-13(20-10-19(28)22(29)21(12-27)30-20)8-15(17)9-16-4-6-18(26-25-16)14-2-1-7-24-11-14/h1-8,11,19-22,27-29H,9-10,12H2/t19-,20-,21-,22+/m1/s1. The normalized spacial score (nSPS) is 24.0. The fourth-order valence-electron chi connectivity index (χ4n) is 3.57. The van der Waals surface area contributed by atoms with Gasteiger partial charge in [-0.3, -0.25) is 4.98 Å². The monoisotopic (exact) mass is 427 g/mol. The number of rotatable bonds is 5. The van der Waals surface area contributed by atoms with E-state index in [1.807, 2.05) is 36.4 Å². The molecule has 3 N–H and O–H groups in total. The molecule has 7 nitrogen and oxygen atoms in total. The number of halogens is 1. The summed E-state index contributed by atoms with van der Waals surface area (Å²) in [5.74, 6) is 0. The number of aromatic nitrogens is 3. The van der Waals surface area contributed by atoms with Crippen LogP contribution < -0.4 is 0 Å². The van der Waals surface area contributed by atoms with Crippen molar-refractivity contribution in [2.45, 2.75) is 37.3 Å². The molecule has 1 aliphatic heterocycles. The van der Waals surface area contributed by atoms with Crippen LogP contribution in [0.3, 0.4) is 0 Å². The maximum Gasteiger partial charge on any atom is 0.110 e. The molecule has 0 aliphatic carbocycles. The fourth-order valence-corrected chi connectivity index (χ4v) is 3.75. The summed E-state index contributed by atoms with van der Waals surface area (Å²) >= 11 is 6.39. The van der Waals surface area contributed by atoms with E-state index in [0.29, 0.717) is 11.4 Å². The van der Waals surface area contributed by atoms with Crippen LogP contribution in [0.25, 0.3) is 11.3 Å². The lowest BCUT2D eigenvalue weighted by atomic mass is 9.93. The van der Waals surface area contributed by atoms with Crippen molar-refractivity contribution in [1.82, 2.24) is 15.2 Å². The minimum Gasteiger partial charge on any atom is -0.394 e. The minimum atomic E-state index is -1.10. The van der Waals surface area contributed by atoms with Crippen LogP contribution in [0.4, 0.5) is 0 Å². The van der Waals surface area contributed by atoms with Gasteiger partial charge in [-0.25, -0.2) is 0 Å². The van der Waals surface area contributed by atoms with Crippen LogP contribution in [0.5, 0.6) is 0 Å². The number of hydrogen-bond acceptors (Lipinski definition) is 7. The molecule has 0 bridgehead atoms. The number of nitrogens with zero attached hydrogens (tertiary/aromatic N) is 3. The molecule has 3 heterocycles. The Bertz CT molecular complexity index is 987. The Hall–Kier alpha value is -2.42. The molecule has 8 heteroatoms. The molecule has 0 unspecified atom stereocenters. The largest absolute Gasteiger partial charge is 0.394 e. The quantitative estimate of drug-likeness (QED) is 0.573. The highest BCUT2D eigenvalue weighted by Crippen LogP contribution is 2.34. The summed E-state index contributed by atoms with van der Waals surface area (Å²) in [4.78, 5) is 4.09. The first-order valence-corrected chi connectivity index (χ1v) is 10.1. The molecule has 3 aromatic rings. The topological polar surface area (TPSA) is 109 Å². The molecule has 4 atom stereocenters. The van der Waals surface area contributed by atoms with E-state index < -0.39 is 24.4 Å². The smallest absolute Gasteiger partial charge is 0.110 e. The first-order valence-electron chi connectivity index (χ1n) is 9.69. The lowest BCUT2D eigenvalue weighted by Gasteiger charge is -2.36. The second-order valence-corrected chi connectivity index (χ2v) is 7.73. The van der Waals surface area contributed by atoms with Crippen LogP contribution >= 0.6 is 11.6 Å². The van der Waals surface area contributed by atoms with Gasteiger partial charge in [0.1, 0.15) is 12.2 Å². The van der Waals surface area contributed by atoms with Gasteiger partial charge in [0, 0.05) is 35.8 Å². The zero-order chi connectivity index (χ0) is 21.1. The van der Waals surface area contributed by atoms with Crippen molar-refractivity contribution in [2.75, 3.05) is 6.61 Å². The SMILES string of the molecule is OC[C@H]1O[C@@H](c2ccc(Cl)c(Cc3ccc(-c4cccnc4)nn3)c2)C[C@@H](O)[C@@H]1O. The summed E-state index contributed by atoms with van der Waals surface area (Å²) in [6, 6.07) is 13.1. The number of aliphatic hydroxyl groups is 3. The molecule has 0 spiro atoms. The zero-order valence-corrected chi connectivity index (χ0v) is 16.9. The van der Waals surface area contributed by atoms with E-state index in [4.69, 9.17) is 16.3 Å². The molecule has 1 saturated heterocycles. The van der Waals surface area contributed by atoms with E-state index in [-0.39, 0.29) is 13.0 Å². The average molecular weight is 428 g/mol. The van der Waals surface area contributed by atoms with E-state index in [1.165, 1.54) is 0 Å². The predicted octanol–water partition coefficient (Wildman–Crippen LogP) is 2.33. The molecule has 30 heavy (non-hydrogen) atoms. The van der Waals surface area contributed by atoms with Gasteiger partial charge in [-0.2, -0.15) is 10.2 Å². The van der Waals surface area contributed by atoms with Crippen LogP contribution in [0.2, 0.25) is 5.02 Å². The average Bonchev–Trinajstić information content (AvgIpc) is 2.78. The van der Waals surface area contributed by atoms with Gasteiger partial charge >= 0.3 is 0 Å². The second-order valence-electron chi connectivity index (χ2n) is 7.32. The van der Waals surface area contributed by atoms with Gasteiger partial charge < -0.3 is 20.1 Å². The Morgan fingerprint density at radius 1 is 1.10 bits per heavy atom. The van der Waals surface area contributed by atoms with Gasteiger partial charge in [0.2, 0.25) is 0 Å². The third kappa shape index (κ3) is 4.50. The van der Waals surface area contributed by atoms with Crippen molar-refractivity contribution in [1.29, 1.82) is 0 Å². The molecule has 0 amide bonds. The lowest BCUT2D eigenvalue weighted by molar-refractivity contribution is -0.181. The van der Waals surface area contributed by atoms with E-state index in [1.54, 1.807) is 18.5 Å². The number of ether oxygens (including phenoxy) is 1. The summed E-state index contributed by atoms with van der Waals surface area (Å²) < 4.78 is 5.78. The van der Waals surface area contributed by atoms with Gasteiger partial charge in [0.25, 0.3) is 0 Å². The Balaban J connectivity index is 1.52. The van der Waals surface area contributed by atoms with Crippen LogP contribution in [0, 0.1) is 0 Å². The van der Waals surface area contributed by atoms with Gasteiger partial charge in [0.15, 0.2) is 0 Å². The van der Waals surface area contributed by atoms with Crippen molar-refractivity contribution in [3.05, 3.63) is 76.7 Å². The van der Waals surface area contributed by atoms with Crippen LogP contribution in [0.1, 0.15) is 29.3 Å². The van der Waals surface area contributed by atoms with E-state index >= 15 is 0 Å². The van der Waals surface area contributed by atoms with Gasteiger partial charge in [-0.1, -0.05) is 23.7 Å². The van der Waals surface area contributed by atoms with E-state index in [2.05, 4.69) is 15.2 Å². The Labute approximate surface area is 179 Å². The molecule has 1 fully saturated rings. The molecule has 0 saturated carbocycles. The molecule has 4 rings (SSSR count). The number of hydrogen-bond donors (Lipinski definition) is 3. The molecular weight excluding hydrogens is 406 g/mol. The van der Waals surface area contributed by atoms with Crippen LogP contribution in [-0.4, -0.2) is 55.4 Å². The van der Waals surface area contributed by atoms with Gasteiger partial charge in [-0.15, -0.1) is 0 Å². The first-order chi connectivity index (χ1) is 14.5. The Morgan fingerprint density at radius 2 is 1.97 bits per heavy atom. The summed E-state index contributed by atoms with van der Waals surface area (Å²) in [7, 11) is 0. The fraction of sp³-hybridized carbons (Fsp3) is 0.318. The van der Waals surface area contributed by atoms with Crippen molar-refractivity contribution in [3.63, 3.8) is 0 Å². The molecule has 0 radical (unpaired) electrons. The van der Waals surface area contributed by atoms with Gasteiger partial charge in [0.05, 0.1) is 30.2 Å². The maximum atomic E-state index is 10.1. The van der Waals surface area contributed by atoms with Crippen LogP contribution in [-0.2, 0) is 11.2 Å². The summed E-state index contributed by atoms with van der Waals surface area (Å²) in [6.07, 6.45) is 0.807. The van der Waals surface area contributed by atoms with E-state index in [9.17, 15) is 15.3 Å². The summed E-state index contributed by atoms with van der Waals surface area (Å²) in [6.45, 7) is -0.367. The van der Waals surface area contributed by atoms with Gasteiger partial charge in [-0.05, 0) is 41.5 Å². The van der Waals surface area contributed by atoms with Crippen molar-refractivity contribution in [2.24, 2.45) is 0 Å². The highest BCUT2D eigenvalue weighted by molar-refractivity contribution is 6.31. The molecule has 156 valence electrons. The third-order valence-corrected chi connectivity index (χ3v) is 5.61. The number of benzene rings is 1. The Morgan fingerprint density at radius 3 is 2.67 bits per heavy atom.